The van der Waals surface area contributed by atoms with Crippen LogP contribution in [-0.4, -0.2) is 37.2 Å². The predicted octanol–water partition coefficient (Wildman–Crippen LogP) is 1.03. The Bertz CT molecular complexity index is 200. The lowest BCUT2D eigenvalue weighted by Crippen LogP contribution is -2.23. The molecule has 4 unspecified atom stereocenters. The lowest BCUT2D eigenvalue weighted by atomic mass is 9.98. The van der Waals surface area contributed by atoms with Crippen LogP contribution in [-0.2, 0) is 4.74 Å². The molecule has 1 heterocycles. The van der Waals surface area contributed by atoms with E-state index in [4.69, 9.17) is 4.74 Å². The molecule has 2 heteroatoms. The maximum absolute atomic E-state index is 5.40. The summed E-state index contributed by atoms with van der Waals surface area (Å²) in [7, 11) is 3.98. The van der Waals surface area contributed by atoms with E-state index in [2.05, 4.69) is 24.9 Å². The van der Waals surface area contributed by atoms with Gasteiger partial charge in [-0.1, -0.05) is 11.6 Å². The van der Waals surface area contributed by atoms with Crippen molar-refractivity contribution < 1.29 is 4.74 Å². The highest BCUT2D eigenvalue weighted by Crippen LogP contribution is 2.38. The van der Waals surface area contributed by atoms with E-state index in [1.54, 1.807) is 0 Å². The first-order valence-corrected chi connectivity index (χ1v) is 4.16. The molecule has 1 aliphatic carbocycles. The third-order valence-electron chi connectivity index (χ3n) is 2.86. The van der Waals surface area contributed by atoms with Crippen LogP contribution in [0.2, 0.25) is 0 Å². The Labute approximate surface area is 67.8 Å². The number of likely N-dealkylation sites (N-methyl/N-ethyl adjacent to an activating group) is 1. The van der Waals surface area contributed by atoms with Crippen LogP contribution in [0.1, 0.15) is 13.3 Å². The maximum atomic E-state index is 5.40. The minimum atomic E-state index is 0.440. The van der Waals surface area contributed by atoms with Crippen molar-refractivity contribution in [2.45, 2.75) is 31.5 Å². The van der Waals surface area contributed by atoms with Crippen LogP contribution in [0.5, 0.6) is 0 Å². The molecule has 62 valence electrons. The standard InChI is InChI=1S/C9H15NO/c1-6-4-7-9(10(7)2)8(5-6)11-3/h4,7-9H,5H2,1-3H3. The van der Waals surface area contributed by atoms with Gasteiger partial charge in [0.1, 0.15) is 0 Å². The Hall–Kier alpha value is -0.340. The number of hydrogen-bond donors (Lipinski definition) is 0. The first kappa shape index (κ1) is 7.32. The fraction of sp³-hybridized carbons (Fsp3) is 0.778. The van der Waals surface area contributed by atoms with Crippen molar-refractivity contribution in [1.29, 1.82) is 0 Å². The Morgan fingerprint density at radius 1 is 1.64 bits per heavy atom. The van der Waals surface area contributed by atoms with Crippen LogP contribution in [0.15, 0.2) is 11.6 Å². The molecule has 0 amide bonds. The Kier molecular flexibility index (Phi) is 1.55. The van der Waals surface area contributed by atoms with Crippen molar-refractivity contribution >= 4 is 0 Å². The van der Waals surface area contributed by atoms with Gasteiger partial charge < -0.3 is 4.74 Å². The van der Waals surface area contributed by atoms with Gasteiger partial charge in [0, 0.05) is 13.2 Å². The fourth-order valence-electron chi connectivity index (χ4n) is 2.11. The molecule has 0 bridgehead atoms. The number of hydrogen-bond acceptors (Lipinski definition) is 2. The topological polar surface area (TPSA) is 12.2 Å². The highest BCUT2D eigenvalue weighted by Gasteiger charge is 2.50. The Morgan fingerprint density at radius 2 is 2.36 bits per heavy atom. The van der Waals surface area contributed by atoms with Crippen LogP contribution in [0.4, 0.5) is 0 Å². The molecule has 0 aromatic carbocycles. The second-order valence-electron chi connectivity index (χ2n) is 3.64. The van der Waals surface area contributed by atoms with E-state index < -0.39 is 0 Å². The minimum Gasteiger partial charge on any atom is -0.379 e. The number of methoxy groups -OCH3 is 1. The van der Waals surface area contributed by atoms with Gasteiger partial charge in [0.05, 0.1) is 12.1 Å². The molecule has 1 aliphatic heterocycles. The molecular formula is C9H15NO. The van der Waals surface area contributed by atoms with E-state index in [-0.39, 0.29) is 0 Å². The average molecular weight is 153 g/mol. The summed E-state index contributed by atoms with van der Waals surface area (Å²) in [5.74, 6) is 0. The maximum Gasteiger partial charge on any atom is 0.0781 e. The summed E-state index contributed by atoms with van der Waals surface area (Å²) in [5, 5.41) is 0. The third kappa shape index (κ3) is 1.01. The van der Waals surface area contributed by atoms with Crippen molar-refractivity contribution in [3.63, 3.8) is 0 Å². The van der Waals surface area contributed by atoms with Crippen molar-refractivity contribution in [1.82, 2.24) is 4.90 Å². The van der Waals surface area contributed by atoms with E-state index in [9.17, 15) is 0 Å². The Balaban J connectivity index is 2.13. The van der Waals surface area contributed by atoms with E-state index in [1.165, 1.54) is 5.57 Å². The second-order valence-corrected chi connectivity index (χ2v) is 3.64. The molecule has 0 N–H and O–H groups in total. The molecule has 2 nitrogen and oxygen atoms in total. The van der Waals surface area contributed by atoms with Gasteiger partial charge >= 0.3 is 0 Å². The van der Waals surface area contributed by atoms with E-state index in [1.807, 2.05) is 7.11 Å². The molecule has 0 saturated carbocycles. The molecule has 0 aromatic rings. The van der Waals surface area contributed by atoms with Gasteiger partial charge in [-0.3, -0.25) is 4.90 Å². The summed E-state index contributed by atoms with van der Waals surface area (Å²) in [6.45, 7) is 2.19. The zero-order chi connectivity index (χ0) is 8.01. The average Bonchev–Trinajstić information content (AvgIpc) is 2.61. The van der Waals surface area contributed by atoms with Gasteiger partial charge in [0.2, 0.25) is 0 Å². The molecule has 11 heavy (non-hydrogen) atoms. The molecule has 0 aromatic heterocycles. The van der Waals surface area contributed by atoms with Crippen molar-refractivity contribution in [2.75, 3.05) is 14.2 Å². The summed E-state index contributed by atoms with van der Waals surface area (Å²) in [5.41, 5.74) is 1.47. The lowest BCUT2D eigenvalue weighted by molar-refractivity contribution is 0.0907. The number of ether oxygens (including phenoxy) is 1. The van der Waals surface area contributed by atoms with Crippen LogP contribution < -0.4 is 0 Å². The largest absolute Gasteiger partial charge is 0.379 e. The van der Waals surface area contributed by atoms with E-state index >= 15 is 0 Å². The summed E-state index contributed by atoms with van der Waals surface area (Å²) in [6.07, 6.45) is 3.91. The molecule has 2 rings (SSSR count). The van der Waals surface area contributed by atoms with Crippen LogP contribution in [0.25, 0.3) is 0 Å². The third-order valence-corrected chi connectivity index (χ3v) is 2.86. The highest BCUT2D eigenvalue weighted by molar-refractivity contribution is 5.25. The van der Waals surface area contributed by atoms with Crippen molar-refractivity contribution in [3.05, 3.63) is 11.6 Å². The smallest absolute Gasteiger partial charge is 0.0781 e. The SMILES string of the molecule is COC1CC(C)=CC2C1N2C. The quantitative estimate of drug-likeness (QED) is 0.412. The van der Waals surface area contributed by atoms with E-state index in [0.29, 0.717) is 18.2 Å². The molecular weight excluding hydrogens is 138 g/mol. The molecule has 1 fully saturated rings. The zero-order valence-corrected chi connectivity index (χ0v) is 7.37. The molecule has 4 atom stereocenters. The van der Waals surface area contributed by atoms with Gasteiger partial charge in [-0.15, -0.1) is 0 Å². The number of fused-ring (bicyclic) bond motifs is 1. The first-order chi connectivity index (χ1) is 5.24. The molecule has 1 saturated heterocycles. The first-order valence-electron chi connectivity index (χ1n) is 4.16. The minimum absolute atomic E-state index is 0.440. The summed E-state index contributed by atoms with van der Waals surface area (Å²) >= 11 is 0. The predicted molar refractivity (Wildman–Crippen MR) is 44.5 cm³/mol. The van der Waals surface area contributed by atoms with Gasteiger partial charge in [0.15, 0.2) is 0 Å². The van der Waals surface area contributed by atoms with Gasteiger partial charge in [0.25, 0.3) is 0 Å². The summed E-state index contributed by atoms with van der Waals surface area (Å²) in [6, 6.07) is 1.34. The monoisotopic (exact) mass is 153 g/mol. The van der Waals surface area contributed by atoms with Crippen molar-refractivity contribution in [2.24, 2.45) is 0 Å². The van der Waals surface area contributed by atoms with Crippen LogP contribution in [0.3, 0.4) is 0 Å². The van der Waals surface area contributed by atoms with Crippen LogP contribution in [0, 0.1) is 0 Å². The van der Waals surface area contributed by atoms with E-state index in [0.717, 1.165) is 6.42 Å². The molecule has 0 radical (unpaired) electrons. The van der Waals surface area contributed by atoms with Gasteiger partial charge in [-0.25, -0.2) is 0 Å². The summed E-state index contributed by atoms with van der Waals surface area (Å²) in [4.78, 5) is 2.37. The van der Waals surface area contributed by atoms with Gasteiger partial charge in [-0.2, -0.15) is 0 Å². The zero-order valence-electron chi connectivity index (χ0n) is 7.37. The summed E-state index contributed by atoms with van der Waals surface area (Å²) < 4.78 is 5.40. The number of nitrogens with zero attached hydrogens (tertiary/aromatic N) is 1. The lowest BCUT2D eigenvalue weighted by Gasteiger charge is -2.17. The second kappa shape index (κ2) is 2.32. The molecule has 0 spiro atoms. The highest BCUT2D eigenvalue weighted by atomic mass is 16.5. The number of rotatable bonds is 1. The van der Waals surface area contributed by atoms with Crippen LogP contribution >= 0.6 is 0 Å². The Morgan fingerprint density at radius 3 is 3.00 bits per heavy atom. The van der Waals surface area contributed by atoms with Crippen molar-refractivity contribution in [3.8, 4) is 0 Å². The fourth-order valence-corrected chi connectivity index (χ4v) is 2.11. The van der Waals surface area contributed by atoms with Gasteiger partial charge in [-0.05, 0) is 20.4 Å². The normalized spacial score (nSPS) is 48.1. The molecule has 2 aliphatic rings.